The monoisotopic (exact) mass is 253 g/mol. The summed E-state index contributed by atoms with van der Waals surface area (Å²) in [5.74, 6) is -0.123. The molecule has 18 heavy (non-hydrogen) atoms. The topological polar surface area (TPSA) is 84.3 Å². The number of hydrogen-bond donors (Lipinski definition) is 2. The zero-order chi connectivity index (χ0) is 13.4. The fraction of sp³-hybridized carbons (Fsp3) is 0.583. The highest BCUT2D eigenvalue weighted by Gasteiger charge is 2.10. The van der Waals surface area contributed by atoms with Gasteiger partial charge in [0.25, 0.3) is 0 Å². The second kappa shape index (κ2) is 7.60. The molecule has 0 saturated carbocycles. The van der Waals surface area contributed by atoms with Gasteiger partial charge in [0.15, 0.2) is 5.82 Å². The molecule has 0 aliphatic carbocycles. The number of nitrogens with zero attached hydrogens (tertiary/aromatic N) is 2. The molecule has 1 aromatic rings. The summed E-state index contributed by atoms with van der Waals surface area (Å²) in [7, 11) is 0. The van der Waals surface area contributed by atoms with E-state index in [9.17, 15) is 4.79 Å². The molecule has 0 aliphatic rings. The van der Waals surface area contributed by atoms with Crippen LogP contribution in [0.3, 0.4) is 0 Å². The summed E-state index contributed by atoms with van der Waals surface area (Å²) >= 11 is 0. The highest BCUT2D eigenvalue weighted by atomic mass is 16.5. The molecule has 6 heteroatoms. The van der Waals surface area contributed by atoms with Gasteiger partial charge in [-0.25, -0.2) is 4.79 Å². The minimum absolute atomic E-state index is 0.118. The molecule has 0 aliphatic heterocycles. The first-order chi connectivity index (χ1) is 8.61. The quantitative estimate of drug-likeness (QED) is 0.685. The van der Waals surface area contributed by atoms with E-state index in [1.807, 2.05) is 0 Å². The van der Waals surface area contributed by atoms with Gasteiger partial charge in [-0.15, -0.1) is 5.10 Å². The number of aromatic nitrogens is 2. The Morgan fingerprint density at radius 2 is 2.28 bits per heavy atom. The molecule has 0 spiro atoms. The van der Waals surface area contributed by atoms with E-state index in [1.165, 1.54) is 12.3 Å². The number of nitrogens with one attached hydrogen (secondary N) is 1. The summed E-state index contributed by atoms with van der Waals surface area (Å²) in [6, 6.07) is 1.41. The highest BCUT2D eigenvalue weighted by molar-refractivity contribution is 5.92. The third-order valence-corrected chi connectivity index (χ3v) is 2.33. The molecule has 0 fully saturated rings. The van der Waals surface area contributed by atoms with Gasteiger partial charge in [0.05, 0.1) is 12.8 Å². The summed E-state index contributed by atoms with van der Waals surface area (Å²) in [5, 5.41) is 19.2. The summed E-state index contributed by atoms with van der Waals surface area (Å²) in [5.41, 5.74) is 0.118. The second-order valence-electron chi connectivity index (χ2n) is 4.32. The molecule has 1 heterocycles. The summed E-state index contributed by atoms with van der Waals surface area (Å²) < 4.78 is 5.41. The van der Waals surface area contributed by atoms with Gasteiger partial charge in [-0.3, -0.25) is 0 Å². The number of rotatable bonds is 8. The predicted molar refractivity (Wildman–Crippen MR) is 67.8 cm³/mol. The Balaban J connectivity index is 2.29. The number of anilines is 1. The van der Waals surface area contributed by atoms with Crippen LogP contribution >= 0.6 is 0 Å². The van der Waals surface area contributed by atoms with Gasteiger partial charge in [0.2, 0.25) is 0 Å². The number of carboxylic acid groups (broad SMARTS) is 1. The molecular weight excluding hydrogens is 234 g/mol. The zero-order valence-electron chi connectivity index (χ0n) is 10.7. The first kappa shape index (κ1) is 14.4. The van der Waals surface area contributed by atoms with E-state index < -0.39 is 5.97 Å². The van der Waals surface area contributed by atoms with Crippen LogP contribution in [0.5, 0.6) is 0 Å². The Bertz CT molecular complexity index is 383. The molecule has 100 valence electrons. The molecule has 0 radical (unpaired) electrons. The Kier molecular flexibility index (Phi) is 6.07. The van der Waals surface area contributed by atoms with Crippen LogP contribution in [0.25, 0.3) is 0 Å². The van der Waals surface area contributed by atoms with E-state index in [2.05, 4.69) is 29.4 Å². The molecular formula is C12H19N3O3. The van der Waals surface area contributed by atoms with E-state index >= 15 is 0 Å². The maximum absolute atomic E-state index is 10.9. The molecule has 0 bridgehead atoms. The molecule has 0 saturated heterocycles. The van der Waals surface area contributed by atoms with E-state index in [4.69, 9.17) is 9.84 Å². The van der Waals surface area contributed by atoms with Crippen LogP contribution in [0, 0.1) is 5.92 Å². The summed E-state index contributed by atoms with van der Waals surface area (Å²) in [6.45, 7) is 6.02. The van der Waals surface area contributed by atoms with Crippen LogP contribution in [0.1, 0.15) is 30.6 Å². The van der Waals surface area contributed by atoms with Crippen LogP contribution in [0.2, 0.25) is 0 Å². The lowest BCUT2D eigenvalue weighted by atomic mass is 10.1. The number of carboxylic acids is 1. The molecule has 1 aromatic heterocycles. The number of carbonyl (C=O) groups is 1. The Labute approximate surface area is 106 Å². The normalized spacial score (nSPS) is 10.6. The third-order valence-electron chi connectivity index (χ3n) is 2.33. The van der Waals surface area contributed by atoms with Gasteiger partial charge in [0, 0.05) is 13.2 Å². The van der Waals surface area contributed by atoms with Gasteiger partial charge in [-0.2, -0.15) is 5.10 Å². The summed E-state index contributed by atoms with van der Waals surface area (Å²) in [6.07, 6.45) is 2.37. The van der Waals surface area contributed by atoms with Crippen LogP contribution in [-0.2, 0) is 4.74 Å². The maximum Gasteiger partial charge on any atom is 0.339 e. The van der Waals surface area contributed by atoms with Crippen molar-refractivity contribution in [1.29, 1.82) is 0 Å². The van der Waals surface area contributed by atoms with Crippen LogP contribution in [-0.4, -0.2) is 41.0 Å². The van der Waals surface area contributed by atoms with Crippen molar-refractivity contribution >= 4 is 11.8 Å². The lowest BCUT2D eigenvalue weighted by molar-refractivity contribution is 0.0697. The Morgan fingerprint density at radius 3 is 2.94 bits per heavy atom. The minimum Gasteiger partial charge on any atom is -0.478 e. The minimum atomic E-state index is -1.02. The predicted octanol–water partition coefficient (Wildman–Crippen LogP) is 1.65. The van der Waals surface area contributed by atoms with Crippen molar-refractivity contribution in [3.8, 4) is 0 Å². The zero-order valence-corrected chi connectivity index (χ0v) is 10.7. The van der Waals surface area contributed by atoms with Gasteiger partial charge in [0.1, 0.15) is 5.56 Å². The number of hydrogen-bond acceptors (Lipinski definition) is 5. The van der Waals surface area contributed by atoms with Gasteiger partial charge >= 0.3 is 5.97 Å². The fourth-order valence-electron chi connectivity index (χ4n) is 1.30. The fourth-order valence-corrected chi connectivity index (χ4v) is 1.30. The maximum atomic E-state index is 10.9. The second-order valence-corrected chi connectivity index (χ2v) is 4.32. The average molecular weight is 253 g/mol. The number of ether oxygens (including phenoxy) is 1. The molecule has 1 rings (SSSR count). The molecule has 2 N–H and O–H groups in total. The molecule has 0 amide bonds. The van der Waals surface area contributed by atoms with E-state index in [-0.39, 0.29) is 11.4 Å². The van der Waals surface area contributed by atoms with Crippen molar-refractivity contribution < 1.29 is 14.6 Å². The van der Waals surface area contributed by atoms with E-state index in [1.54, 1.807) is 0 Å². The first-order valence-electron chi connectivity index (χ1n) is 5.98. The van der Waals surface area contributed by atoms with Crippen LogP contribution < -0.4 is 5.32 Å². The molecule has 0 unspecified atom stereocenters. The lowest BCUT2D eigenvalue weighted by Crippen LogP contribution is -2.14. The van der Waals surface area contributed by atoms with Crippen molar-refractivity contribution in [3.05, 3.63) is 17.8 Å². The number of aromatic carboxylic acids is 1. The standard InChI is InChI=1S/C12H19N3O3/c1-9(2)4-7-18-8-6-13-11-10(12(16)17)3-5-14-15-11/h3,5,9H,4,6-8H2,1-2H3,(H,13,15)(H,16,17). The van der Waals surface area contributed by atoms with Gasteiger partial charge < -0.3 is 15.2 Å². The lowest BCUT2D eigenvalue weighted by Gasteiger charge is -2.09. The molecule has 0 aromatic carbocycles. The highest BCUT2D eigenvalue weighted by Crippen LogP contribution is 2.09. The van der Waals surface area contributed by atoms with Crippen LogP contribution in [0.4, 0.5) is 5.82 Å². The van der Waals surface area contributed by atoms with E-state index in [0.29, 0.717) is 25.7 Å². The van der Waals surface area contributed by atoms with Crippen molar-refractivity contribution in [2.24, 2.45) is 5.92 Å². The average Bonchev–Trinajstić information content (AvgIpc) is 2.33. The van der Waals surface area contributed by atoms with Gasteiger partial charge in [-0.05, 0) is 18.4 Å². The van der Waals surface area contributed by atoms with Crippen molar-refractivity contribution in [1.82, 2.24) is 10.2 Å². The smallest absolute Gasteiger partial charge is 0.339 e. The molecule has 0 atom stereocenters. The third kappa shape index (κ3) is 5.09. The first-order valence-corrected chi connectivity index (χ1v) is 5.98. The van der Waals surface area contributed by atoms with Crippen molar-refractivity contribution in [3.63, 3.8) is 0 Å². The Morgan fingerprint density at radius 1 is 1.50 bits per heavy atom. The summed E-state index contributed by atoms with van der Waals surface area (Å²) in [4.78, 5) is 10.9. The Hall–Kier alpha value is -1.69. The molecule has 6 nitrogen and oxygen atoms in total. The van der Waals surface area contributed by atoms with E-state index in [0.717, 1.165) is 6.42 Å². The van der Waals surface area contributed by atoms with Crippen LogP contribution in [0.15, 0.2) is 12.3 Å². The van der Waals surface area contributed by atoms with Gasteiger partial charge in [-0.1, -0.05) is 13.8 Å². The van der Waals surface area contributed by atoms with Crippen molar-refractivity contribution in [2.45, 2.75) is 20.3 Å². The largest absolute Gasteiger partial charge is 0.478 e. The SMILES string of the molecule is CC(C)CCOCCNc1nnccc1C(=O)O. The van der Waals surface area contributed by atoms with Crippen molar-refractivity contribution in [2.75, 3.05) is 25.1 Å².